The first kappa shape index (κ1) is 20.8. The Labute approximate surface area is 179 Å². The third kappa shape index (κ3) is 5.01. The molecule has 1 aromatic carbocycles. The smallest absolute Gasteiger partial charge is 0.194 e. The van der Waals surface area contributed by atoms with Gasteiger partial charge in [-0.25, -0.2) is 0 Å². The number of nitrogens with zero attached hydrogens (tertiary/aromatic N) is 4. The Balaban J connectivity index is 1.41. The van der Waals surface area contributed by atoms with Crippen LogP contribution in [0.3, 0.4) is 0 Å². The summed E-state index contributed by atoms with van der Waals surface area (Å²) in [5, 5.41) is 3.56. The van der Waals surface area contributed by atoms with Crippen molar-refractivity contribution in [3.8, 4) is 0 Å². The first-order valence-electron chi connectivity index (χ1n) is 11.0. The molecule has 29 heavy (non-hydrogen) atoms. The Kier molecular flexibility index (Phi) is 7.21. The molecule has 1 atom stereocenters. The molecule has 1 N–H and O–H groups in total. The number of hydrogen-bond donors (Lipinski definition) is 1. The number of ether oxygens (including phenoxy) is 1. The van der Waals surface area contributed by atoms with Crippen LogP contribution in [0.5, 0.6) is 0 Å². The van der Waals surface area contributed by atoms with Crippen molar-refractivity contribution >= 4 is 23.4 Å². The van der Waals surface area contributed by atoms with Gasteiger partial charge in [0.1, 0.15) is 0 Å². The van der Waals surface area contributed by atoms with E-state index in [0.29, 0.717) is 0 Å². The van der Waals surface area contributed by atoms with Crippen molar-refractivity contribution in [2.45, 2.75) is 18.9 Å². The van der Waals surface area contributed by atoms with Gasteiger partial charge in [0, 0.05) is 57.3 Å². The number of nitrogens with one attached hydrogen (secondary N) is 1. The predicted octanol–water partition coefficient (Wildman–Crippen LogP) is 1.98. The lowest BCUT2D eigenvalue weighted by Gasteiger charge is -2.42. The van der Waals surface area contributed by atoms with Crippen LogP contribution in [-0.2, 0) is 4.74 Å². The van der Waals surface area contributed by atoms with Crippen LogP contribution in [0.1, 0.15) is 13.3 Å². The van der Waals surface area contributed by atoms with Gasteiger partial charge in [0.05, 0.1) is 25.3 Å². The van der Waals surface area contributed by atoms with Gasteiger partial charge in [-0.05, 0) is 31.2 Å². The molecule has 160 valence electrons. The molecule has 4 rings (SSSR count). The Morgan fingerprint density at radius 2 is 1.86 bits per heavy atom. The van der Waals surface area contributed by atoms with Crippen molar-refractivity contribution in [1.82, 2.24) is 15.1 Å². The minimum atomic E-state index is 0.209. The van der Waals surface area contributed by atoms with Crippen LogP contribution in [0.25, 0.3) is 0 Å². The fraction of sp³-hybridized carbons (Fsp3) is 0.682. The van der Waals surface area contributed by atoms with E-state index in [0.717, 1.165) is 71.5 Å². The van der Waals surface area contributed by atoms with Gasteiger partial charge in [-0.3, -0.25) is 9.89 Å². The summed E-state index contributed by atoms with van der Waals surface area (Å²) in [7, 11) is 0. The zero-order valence-corrected chi connectivity index (χ0v) is 18.5. The fourth-order valence-corrected chi connectivity index (χ4v) is 6.04. The van der Waals surface area contributed by atoms with Gasteiger partial charge < -0.3 is 19.9 Å². The SMILES string of the molecule is CCNC(=NCC1(N2CCOCC2)CCSC1)N1CCN(c2ccccc2)CC1. The Morgan fingerprint density at radius 3 is 2.52 bits per heavy atom. The van der Waals surface area contributed by atoms with Crippen LogP contribution in [0.4, 0.5) is 5.69 Å². The van der Waals surface area contributed by atoms with Crippen molar-refractivity contribution in [3.05, 3.63) is 30.3 Å². The average molecular weight is 418 g/mol. The molecule has 0 saturated carbocycles. The minimum absolute atomic E-state index is 0.209. The number of aliphatic imine (C=N–C) groups is 1. The molecule has 0 aromatic heterocycles. The topological polar surface area (TPSA) is 43.3 Å². The van der Waals surface area contributed by atoms with E-state index in [9.17, 15) is 0 Å². The fourth-order valence-electron chi connectivity index (χ4n) is 4.57. The van der Waals surface area contributed by atoms with E-state index in [1.54, 1.807) is 0 Å². The van der Waals surface area contributed by atoms with E-state index in [2.05, 4.69) is 69.0 Å². The first-order valence-corrected chi connectivity index (χ1v) is 12.2. The summed E-state index contributed by atoms with van der Waals surface area (Å²) in [6, 6.07) is 10.7. The molecule has 0 aliphatic carbocycles. The van der Waals surface area contributed by atoms with Crippen molar-refractivity contribution < 1.29 is 4.74 Å². The molecule has 0 radical (unpaired) electrons. The number of anilines is 1. The Hall–Kier alpha value is -1.44. The van der Waals surface area contributed by atoms with E-state index in [-0.39, 0.29) is 5.54 Å². The monoisotopic (exact) mass is 417 g/mol. The van der Waals surface area contributed by atoms with Gasteiger partial charge >= 0.3 is 0 Å². The number of benzene rings is 1. The van der Waals surface area contributed by atoms with E-state index >= 15 is 0 Å². The first-order chi connectivity index (χ1) is 14.3. The predicted molar refractivity (Wildman–Crippen MR) is 123 cm³/mol. The summed E-state index contributed by atoms with van der Waals surface area (Å²) in [6.07, 6.45) is 1.24. The van der Waals surface area contributed by atoms with E-state index in [1.165, 1.54) is 23.6 Å². The van der Waals surface area contributed by atoms with Gasteiger partial charge in [0.25, 0.3) is 0 Å². The number of para-hydroxylation sites is 1. The van der Waals surface area contributed by atoms with Crippen LogP contribution in [0, 0.1) is 0 Å². The highest BCUT2D eigenvalue weighted by molar-refractivity contribution is 7.99. The molecule has 1 aromatic rings. The van der Waals surface area contributed by atoms with Crippen LogP contribution < -0.4 is 10.2 Å². The van der Waals surface area contributed by atoms with Crippen LogP contribution in [-0.4, -0.2) is 98.4 Å². The van der Waals surface area contributed by atoms with Gasteiger partial charge in [0.15, 0.2) is 5.96 Å². The maximum Gasteiger partial charge on any atom is 0.194 e. The maximum absolute atomic E-state index is 5.60. The summed E-state index contributed by atoms with van der Waals surface area (Å²) in [4.78, 5) is 12.7. The normalized spacial score (nSPS) is 26.7. The second kappa shape index (κ2) is 10.0. The lowest BCUT2D eigenvalue weighted by Crippen LogP contribution is -2.57. The maximum atomic E-state index is 5.60. The van der Waals surface area contributed by atoms with Crippen molar-refractivity contribution in [2.24, 2.45) is 4.99 Å². The van der Waals surface area contributed by atoms with E-state index in [4.69, 9.17) is 9.73 Å². The van der Waals surface area contributed by atoms with Crippen molar-refractivity contribution in [1.29, 1.82) is 0 Å². The number of piperazine rings is 1. The van der Waals surface area contributed by atoms with Crippen LogP contribution >= 0.6 is 11.8 Å². The molecule has 7 heteroatoms. The minimum Gasteiger partial charge on any atom is -0.379 e. The second-order valence-electron chi connectivity index (χ2n) is 8.11. The molecular formula is C22H35N5OS. The molecule has 6 nitrogen and oxygen atoms in total. The van der Waals surface area contributed by atoms with Crippen molar-refractivity contribution in [2.75, 3.05) is 82.0 Å². The quantitative estimate of drug-likeness (QED) is 0.584. The van der Waals surface area contributed by atoms with Crippen LogP contribution in [0.2, 0.25) is 0 Å². The highest BCUT2D eigenvalue weighted by Crippen LogP contribution is 2.34. The summed E-state index contributed by atoms with van der Waals surface area (Å²) in [6.45, 7) is 11.9. The molecule has 3 saturated heterocycles. The highest BCUT2D eigenvalue weighted by Gasteiger charge is 2.40. The summed E-state index contributed by atoms with van der Waals surface area (Å²) < 4.78 is 5.60. The summed E-state index contributed by atoms with van der Waals surface area (Å²) >= 11 is 2.08. The standard InChI is InChI=1S/C22H35N5OS/c1-2-23-21(26-11-9-25(10-12-26)20-6-4-3-5-7-20)24-18-22(8-17-29-19-22)27-13-15-28-16-14-27/h3-7H,2,8-19H2,1H3,(H,23,24). The molecule has 0 bridgehead atoms. The molecule has 3 heterocycles. The van der Waals surface area contributed by atoms with Crippen molar-refractivity contribution in [3.63, 3.8) is 0 Å². The van der Waals surface area contributed by atoms with E-state index < -0.39 is 0 Å². The van der Waals surface area contributed by atoms with E-state index in [1.807, 2.05) is 0 Å². The largest absolute Gasteiger partial charge is 0.379 e. The zero-order chi connectivity index (χ0) is 19.9. The molecule has 1 unspecified atom stereocenters. The molecular weight excluding hydrogens is 382 g/mol. The van der Waals surface area contributed by atoms with Crippen LogP contribution in [0.15, 0.2) is 35.3 Å². The zero-order valence-electron chi connectivity index (χ0n) is 17.7. The molecule has 3 aliphatic heterocycles. The van der Waals surface area contributed by atoms with Gasteiger partial charge in [0.2, 0.25) is 0 Å². The number of rotatable bonds is 5. The van der Waals surface area contributed by atoms with Gasteiger partial charge in [-0.1, -0.05) is 18.2 Å². The molecule has 0 spiro atoms. The average Bonchev–Trinajstić information content (AvgIpc) is 3.28. The Morgan fingerprint density at radius 1 is 1.10 bits per heavy atom. The molecule has 3 aliphatic rings. The van der Waals surface area contributed by atoms with Gasteiger partial charge in [-0.2, -0.15) is 11.8 Å². The lowest BCUT2D eigenvalue weighted by molar-refractivity contribution is -0.0105. The number of thioether (sulfide) groups is 1. The second-order valence-corrected chi connectivity index (χ2v) is 9.21. The summed E-state index contributed by atoms with van der Waals surface area (Å²) in [5.41, 5.74) is 1.53. The third-order valence-electron chi connectivity index (χ3n) is 6.32. The Bertz CT molecular complexity index is 650. The lowest BCUT2D eigenvalue weighted by atomic mass is 9.96. The number of hydrogen-bond acceptors (Lipinski definition) is 5. The molecule has 3 fully saturated rings. The third-order valence-corrected chi connectivity index (χ3v) is 7.56. The van der Waals surface area contributed by atoms with Gasteiger partial charge in [-0.15, -0.1) is 0 Å². The number of guanidine groups is 1. The number of morpholine rings is 1. The highest BCUT2D eigenvalue weighted by atomic mass is 32.2. The summed E-state index contributed by atoms with van der Waals surface area (Å²) in [5.74, 6) is 3.53. The molecule has 0 amide bonds.